The number of halogens is 2. The van der Waals surface area contributed by atoms with Crippen molar-refractivity contribution in [3.63, 3.8) is 0 Å². The summed E-state index contributed by atoms with van der Waals surface area (Å²) in [5.41, 5.74) is 2.21. The van der Waals surface area contributed by atoms with Crippen molar-refractivity contribution >= 4 is 53.4 Å². The van der Waals surface area contributed by atoms with Crippen LogP contribution in [-0.2, 0) is 0 Å². The van der Waals surface area contributed by atoms with Crippen molar-refractivity contribution in [1.82, 2.24) is 4.98 Å². The van der Waals surface area contributed by atoms with Crippen LogP contribution in [0.5, 0.6) is 0 Å². The molecule has 0 amide bonds. The smallest absolute Gasteiger partial charge is 0.124 e. The Balaban J connectivity index is 2.14. The number of hydrogen-bond donors (Lipinski definition) is 0. The van der Waals surface area contributed by atoms with E-state index in [9.17, 15) is 0 Å². The molecular formula is C13H7Br2NS. The van der Waals surface area contributed by atoms with Gasteiger partial charge in [-0.05, 0) is 30.3 Å². The Labute approximate surface area is 120 Å². The van der Waals surface area contributed by atoms with Gasteiger partial charge in [0.15, 0.2) is 0 Å². The Morgan fingerprint density at radius 1 is 0.882 bits per heavy atom. The number of benzene rings is 2. The normalized spacial score (nSPS) is 10.9. The van der Waals surface area contributed by atoms with Crippen LogP contribution in [0.15, 0.2) is 51.4 Å². The molecule has 4 heteroatoms. The molecule has 0 radical (unpaired) electrons. The molecular weight excluding hydrogens is 362 g/mol. The second kappa shape index (κ2) is 4.52. The van der Waals surface area contributed by atoms with Gasteiger partial charge in [0.25, 0.3) is 0 Å². The second-order valence-electron chi connectivity index (χ2n) is 3.64. The summed E-state index contributed by atoms with van der Waals surface area (Å²) in [5, 5.41) is 1.06. The molecule has 17 heavy (non-hydrogen) atoms. The lowest BCUT2D eigenvalue weighted by Gasteiger charge is -1.94. The molecule has 0 saturated carbocycles. The van der Waals surface area contributed by atoms with E-state index in [2.05, 4.69) is 55.0 Å². The van der Waals surface area contributed by atoms with Crippen LogP contribution >= 0.6 is 43.2 Å². The van der Waals surface area contributed by atoms with Gasteiger partial charge in [0.05, 0.1) is 10.2 Å². The number of nitrogens with zero attached hydrogens (tertiary/aromatic N) is 1. The molecule has 0 aliphatic heterocycles. The van der Waals surface area contributed by atoms with E-state index in [1.165, 1.54) is 4.70 Å². The Morgan fingerprint density at radius 3 is 2.35 bits per heavy atom. The Bertz CT molecular complexity index is 673. The Morgan fingerprint density at radius 2 is 1.59 bits per heavy atom. The SMILES string of the molecule is Brc1ccc(-c2nc3ccc(Br)cc3s2)cc1. The highest BCUT2D eigenvalue weighted by molar-refractivity contribution is 9.10. The fraction of sp³-hybridized carbons (Fsp3) is 0. The lowest BCUT2D eigenvalue weighted by atomic mass is 10.2. The lowest BCUT2D eigenvalue weighted by Crippen LogP contribution is -1.74. The summed E-state index contributed by atoms with van der Waals surface area (Å²) in [6.07, 6.45) is 0. The van der Waals surface area contributed by atoms with Crippen molar-refractivity contribution in [2.45, 2.75) is 0 Å². The zero-order chi connectivity index (χ0) is 11.8. The van der Waals surface area contributed by atoms with E-state index >= 15 is 0 Å². The molecule has 0 aliphatic carbocycles. The van der Waals surface area contributed by atoms with Gasteiger partial charge < -0.3 is 0 Å². The quantitative estimate of drug-likeness (QED) is 0.553. The molecule has 0 N–H and O–H groups in total. The van der Waals surface area contributed by atoms with Gasteiger partial charge in [0.2, 0.25) is 0 Å². The van der Waals surface area contributed by atoms with Crippen LogP contribution in [0.2, 0.25) is 0 Å². The van der Waals surface area contributed by atoms with Gasteiger partial charge in [-0.3, -0.25) is 0 Å². The fourth-order valence-electron chi connectivity index (χ4n) is 1.61. The van der Waals surface area contributed by atoms with E-state index < -0.39 is 0 Å². The standard InChI is InChI=1S/C13H7Br2NS/c14-9-3-1-8(2-4-9)13-16-11-6-5-10(15)7-12(11)17-13/h1-7H. The second-order valence-corrected chi connectivity index (χ2v) is 6.50. The predicted molar refractivity (Wildman–Crippen MR) is 80.5 cm³/mol. The molecule has 0 spiro atoms. The average Bonchev–Trinajstić information content (AvgIpc) is 2.72. The third-order valence-electron chi connectivity index (χ3n) is 2.44. The van der Waals surface area contributed by atoms with E-state index in [1.807, 2.05) is 24.3 Å². The number of hydrogen-bond acceptors (Lipinski definition) is 2. The van der Waals surface area contributed by atoms with Gasteiger partial charge in [-0.15, -0.1) is 11.3 Å². The molecule has 1 nitrogen and oxygen atoms in total. The highest BCUT2D eigenvalue weighted by Crippen LogP contribution is 2.32. The summed E-state index contributed by atoms with van der Waals surface area (Å²) in [4.78, 5) is 4.64. The van der Waals surface area contributed by atoms with Crippen LogP contribution in [0.4, 0.5) is 0 Å². The summed E-state index contributed by atoms with van der Waals surface area (Å²) in [6.45, 7) is 0. The zero-order valence-electron chi connectivity index (χ0n) is 8.65. The van der Waals surface area contributed by atoms with Gasteiger partial charge >= 0.3 is 0 Å². The third kappa shape index (κ3) is 2.30. The first-order chi connectivity index (χ1) is 8.22. The number of thiazole rings is 1. The molecule has 3 rings (SSSR count). The summed E-state index contributed by atoms with van der Waals surface area (Å²) >= 11 is 8.63. The highest BCUT2D eigenvalue weighted by Gasteiger charge is 2.06. The van der Waals surface area contributed by atoms with Crippen molar-refractivity contribution < 1.29 is 0 Å². The topological polar surface area (TPSA) is 12.9 Å². The molecule has 0 saturated heterocycles. The predicted octanol–water partition coefficient (Wildman–Crippen LogP) is 5.49. The maximum Gasteiger partial charge on any atom is 0.124 e. The van der Waals surface area contributed by atoms with Gasteiger partial charge in [-0.1, -0.05) is 44.0 Å². The minimum atomic E-state index is 1.05. The average molecular weight is 369 g/mol. The first kappa shape index (κ1) is 11.4. The van der Waals surface area contributed by atoms with Gasteiger partial charge in [0.1, 0.15) is 5.01 Å². The van der Waals surface area contributed by atoms with Crippen LogP contribution in [-0.4, -0.2) is 4.98 Å². The van der Waals surface area contributed by atoms with Crippen molar-refractivity contribution in [2.24, 2.45) is 0 Å². The van der Waals surface area contributed by atoms with Crippen LogP contribution in [0.1, 0.15) is 0 Å². The van der Waals surface area contributed by atoms with Crippen LogP contribution < -0.4 is 0 Å². The van der Waals surface area contributed by atoms with Crippen LogP contribution in [0.3, 0.4) is 0 Å². The number of rotatable bonds is 1. The highest BCUT2D eigenvalue weighted by atomic mass is 79.9. The lowest BCUT2D eigenvalue weighted by molar-refractivity contribution is 1.47. The molecule has 84 valence electrons. The maximum atomic E-state index is 4.64. The Hall–Kier alpha value is -0.710. The van der Waals surface area contributed by atoms with Gasteiger partial charge in [-0.25, -0.2) is 4.98 Å². The van der Waals surface area contributed by atoms with Crippen molar-refractivity contribution in [3.8, 4) is 10.6 Å². The zero-order valence-corrected chi connectivity index (χ0v) is 12.6. The number of fused-ring (bicyclic) bond motifs is 1. The molecule has 2 aromatic carbocycles. The molecule has 0 aliphatic rings. The van der Waals surface area contributed by atoms with Gasteiger partial charge in [0, 0.05) is 14.5 Å². The molecule has 0 atom stereocenters. The summed E-state index contributed by atoms with van der Waals surface area (Å²) in [7, 11) is 0. The van der Waals surface area contributed by atoms with E-state index in [1.54, 1.807) is 11.3 Å². The summed E-state index contributed by atoms with van der Waals surface area (Å²) in [5.74, 6) is 0. The minimum Gasteiger partial charge on any atom is -0.236 e. The van der Waals surface area contributed by atoms with E-state index in [0.717, 1.165) is 25.0 Å². The maximum absolute atomic E-state index is 4.64. The molecule has 3 aromatic rings. The molecule has 0 fully saturated rings. The minimum absolute atomic E-state index is 1.05. The van der Waals surface area contributed by atoms with Crippen LogP contribution in [0, 0.1) is 0 Å². The molecule has 1 heterocycles. The molecule has 1 aromatic heterocycles. The third-order valence-corrected chi connectivity index (χ3v) is 4.53. The summed E-state index contributed by atoms with van der Waals surface area (Å²) in [6, 6.07) is 14.4. The molecule has 0 unspecified atom stereocenters. The van der Waals surface area contributed by atoms with Crippen molar-refractivity contribution in [1.29, 1.82) is 0 Å². The fourth-order valence-corrected chi connectivity index (χ4v) is 3.40. The first-order valence-corrected chi connectivity index (χ1v) is 7.45. The summed E-state index contributed by atoms with van der Waals surface area (Å²) < 4.78 is 3.39. The van der Waals surface area contributed by atoms with Crippen molar-refractivity contribution in [3.05, 3.63) is 51.4 Å². The van der Waals surface area contributed by atoms with E-state index in [-0.39, 0.29) is 0 Å². The largest absolute Gasteiger partial charge is 0.236 e. The Kier molecular flexibility index (Phi) is 3.03. The van der Waals surface area contributed by atoms with Crippen molar-refractivity contribution in [2.75, 3.05) is 0 Å². The van der Waals surface area contributed by atoms with E-state index in [4.69, 9.17) is 0 Å². The van der Waals surface area contributed by atoms with E-state index in [0.29, 0.717) is 0 Å². The van der Waals surface area contributed by atoms with Crippen LogP contribution in [0.25, 0.3) is 20.8 Å². The van der Waals surface area contributed by atoms with Gasteiger partial charge in [-0.2, -0.15) is 0 Å². The number of aromatic nitrogens is 1. The monoisotopic (exact) mass is 367 g/mol. The first-order valence-electron chi connectivity index (χ1n) is 5.04. The molecule has 0 bridgehead atoms.